The summed E-state index contributed by atoms with van der Waals surface area (Å²) in [4.78, 5) is 25.6. The Kier molecular flexibility index (Phi) is 6.57. The Hall–Kier alpha value is -3.89. The molecule has 0 atom stereocenters. The Morgan fingerprint density at radius 1 is 1.12 bits per heavy atom. The Bertz CT molecular complexity index is 1370. The van der Waals surface area contributed by atoms with Gasteiger partial charge in [0.25, 0.3) is 0 Å². The maximum Gasteiger partial charge on any atom is 0.343 e. The van der Waals surface area contributed by atoms with Gasteiger partial charge in [-0.15, -0.1) is 0 Å². The number of Topliss-reactive ketones (excluding diaryl/α,β-unsaturated/α-hetero) is 1. The van der Waals surface area contributed by atoms with E-state index in [1.807, 2.05) is 59.2 Å². The van der Waals surface area contributed by atoms with Crippen molar-refractivity contribution in [2.75, 3.05) is 6.61 Å². The van der Waals surface area contributed by atoms with E-state index in [4.69, 9.17) is 21.6 Å². The van der Waals surface area contributed by atoms with Crippen molar-refractivity contribution in [2.24, 2.45) is 0 Å². The molecule has 0 amide bonds. The molecule has 33 heavy (non-hydrogen) atoms. The first-order chi connectivity index (χ1) is 16.0. The molecule has 0 aliphatic heterocycles. The number of hydrogen-bond acceptors (Lipinski definition) is 5. The Morgan fingerprint density at radius 3 is 2.61 bits per heavy atom. The third-order valence-electron chi connectivity index (χ3n) is 5.33. The van der Waals surface area contributed by atoms with E-state index in [-0.39, 0.29) is 16.5 Å². The third-order valence-corrected chi connectivity index (χ3v) is 5.72. The molecule has 0 unspecified atom stereocenters. The number of benzene rings is 2. The van der Waals surface area contributed by atoms with Crippen LogP contribution in [-0.4, -0.2) is 32.7 Å². The molecule has 0 saturated carbocycles. The molecule has 0 bridgehead atoms. The summed E-state index contributed by atoms with van der Waals surface area (Å²) >= 11 is 6.42. The van der Waals surface area contributed by atoms with Crippen molar-refractivity contribution in [3.8, 4) is 6.07 Å². The van der Waals surface area contributed by atoms with E-state index >= 15 is 0 Å². The zero-order valence-corrected chi connectivity index (χ0v) is 18.7. The Labute approximate surface area is 195 Å². The van der Waals surface area contributed by atoms with Gasteiger partial charge in [0, 0.05) is 29.2 Å². The SMILES string of the molecule is Cc1nn(Cc2ccccc2)c(Cl)c1C(=O)OCC(=O)c1cn(CCC#N)c2ccccc12. The number of ketones is 1. The van der Waals surface area contributed by atoms with E-state index in [0.29, 0.717) is 30.8 Å². The lowest BCUT2D eigenvalue weighted by Crippen LogP contribution is -2.15. The van der Waals surface area contributed by atoms with Crippen LogP contribution in [0.1, 0.15) is 38.4 Å². The van der Waals surface area contributed by atoms with Crippen LogP contribution in [-0.2, 0) is 17.8 Å². The van der Waals surface area contributed by atoms with Crippen molar-refractivity contribution in [3.05, 3.63) is 88.3 Å². The van der Waals surface area contributed by atoms with Crippen LogP contribution in [0.5, 0.6) is 0 Å². The van der Waals surface area contributed by atoms with Gasteiger partial charge in [-0.3, -0.25) is 4.79 Å². The van der Waals surface area contributed by atoms with Crippen LogP contribution in [0.15, 0.2) is 60.8 Å². The monoisotopic (exact) mass is 460 g/mol. The molecule has 0 aliphatic carbocycles. The van der Waals surface area contributed by atoms with Gasteiger partial charge in [-0.25, -0.2) is 9.48 Å². The predicted octanol–water partition coefficient (Wildman–Crippen LogP) is 4.80. The second-order valence-electron chi connectivity index (χ2n) is 7.56. The van der Waals surface area contributed by atoms with Gasteiger partial charge in [0.1, 0.15) is 10.7 Å². The van der Waals surface area contributed by atoms with E-state index in [1.54, 1.807) is 13.1 Å². The van der Waals surface area contributed by atoms with E-state index in [9.17, 15) is 9.59 Å². The Morgan fingerprint density at radius 2 is 1.85 bits per heavy atom. The largest absolute Gasteiger partial charge is 0.454 e. The van der Waals surface area contributed by atoms with Crippen LogP contribution >= 0.6 is 11.6 Å². The van der Waals surface area contributed by atoms with Crippen molar-refractivity contribution in [1.29, 1.82) is 5.26 Å². The van der Waals surface area contributed by atoms with E-state index in [0.717, 1.165) is 16.5 Å². The number of esters is 1. The minimum Gasteiger partial charge on any atom is -0.454 e. The summed E-state index contributed by atoms with van der Waals surface area (Å²) in [7, 11) is 0. The van der Waals surface area contributed by atoms with E-state index in [2.05, 4.69) is 11.2 Å². The molecule has 0 N–H and O–H groups in total. The number of ether oxygens (including phenoxy) is 1. The zero-order valence-electron chi connectivity index (χ0n) is 18.0. The van der Waals surface area contributed by atoms with Gasteiger partial charge in [-0.05, 0) is 18.6 Å². The zero-order chi connectivity index (χ0) is 23.4. The van der Waals surface area contributed by atoms with Crippen LogP contribution in [0.2, 0.25) is 5.15 Å². The maximum atomic E-state index is 12.9. The van der Waals surface area contributed by atoms with Crippen LogP contribution < -0.4 is 0 Å². The summed E-state index contributed by atoms with van der Waals surface area (Å²) in [6.45, 7) is 2.13. The van der Waals surface area contributed by atoms with Crippen molar-refractivity contribution in [3.63, 3.8) is 0 Å². The average molecular weight is 461 g/mol. The number of aromatic nitrogens is 3. The normalized spacial score (nSPS) is 10.8. The van der Waals surface area contributed by atoms with Crippen molar-refractivity contribution in [2.45, 2.75) is 26.4 Å². The highest BCUT2D eigenvalue weighted by Crippen LogP contribution is 2.24. The van der Waals surface area contributed by atoms with Gasteiger partial charge in [-0.2, -0.15) is 10.4 Å². The predicted molar refractivity (Wildman–Crippen MR) is 124 cm³/mol. The third kappa shape index (κ3) is 4.66. The molecule has 0 saturated heterocycles. The van der Waals surface area contributed by atoms with Crippen molar-refractivity contribution in [1.82, 2.24) is 14.3 Å². The maximum absolute atomic E-state index is 12.9. The van der Waals surface area contributed by atoms with Crippen molar-refractivity contribution < 1.29 is 14.3 Å². The minimum atomic E-state index is -0.696. The smallest absolute Gasteiger partial charge is 0.343 e. The van der Waals surface area contributed by atoms with Crippen LogP contribution in [0.4, 0.5) is 0 Å². The summed E-state index contributed by atoms with van der Waals surface area (Å²) in [5.41, 5.74) is 2.87. The van der Waals surface area contributed by atoms with Gasteiger partial charge in [0.05, 0.1) is 24.7 Å². The average Bonchev–Trinajstić information content (AvgIpc) is 3.33. The van der Waals surface area contributed by atoms with Gasteiger partial charge in [0.15, 0.2) is 6.61 Å². The molecule has 0 spiro atoms. The van der Waals surface area contributed by atoms with Gasteiger partial charge >= 0.3 is 5.97 Å². The number of nitrogens with zero attached hydrogens (tertiary/aromatic N) is 4. The topological polar surface area (TPSA) is 89.9 Å². The highest BCUT2D eigenvalue weighted by Gasteiger charge is 2.23. The number of halogens is 1. The second kappa shape index (κ2) is 9.72. The number of carbonyl (C=O) groups excluding carboxylic acids is 2. The molecule has 8 heteroatoms. The molecule has 0 aliphatic rings. The van der Waals surface area contributed by atoms with Crippen LogP contribution in [0.25, 0.3) is 10.9 Å². The molecule has 0 radical (unpaired) electrons. The fourth-order valence-corrected chi connectivity index (χ4v) is 4.06. The van der Waals surface area contributed by atoms with E-state index in [1.165, 1.54) is 4.68 Å². The van der Waals surface area contributed by atoms with E-state index < -0.39 is 12.6 Å². The fourth-order valence-electron chi connectivity index (χ4n) is 3.75. The molecule has 2 heterocycles. The minimum absolute atomic E-state index is 0.150. The lowest BCUT2D eigenvalue weighted by Gasteiger charge is -2.05. The first kappa shape index (κ1) is 22.3. The standard InChI is InChI=1S/C25H21ClN4O3/c1-17-23(24(26)30(28-17)14-18-8-3-2-4-9-18)25(32)33-16-22(31)20-15-29(13-7-12-27)21-11-6-5-10-19(20)21/h2-6,8-11,15H,7,13-14,16H2,1H3. The molecule has 166 valence electrons. The first-order valence-electron chi connectivity index (χ1n) is 10.4. The lowest BCUT2D eigenvalue weighted by molar-refractivity contribution is 0.0474. The number of fused-ring (bicyclic) bond motifs is 1. The number of hydrogen-bond donors (Lipinski definition) is 0. The van der Waals surface area contributed by atoms with Gasteiger partial charge < -0.3 is 9.30 Å². The Balaban J connectivity index is 1.50. The van der Waals surface area contributed by atoms with Crippen LogP contribution in [0, 0.1) is 18.3 Å². The molecule has 2 aromatic carbocycles. The van der Waals surface area contributed by atoms with Crippen molar-refractivity contribution >= 4 is 34.3 Å². The molecule has 4 aromatic rings. The highest BCUT2D eigenvalue weighted by atomic mass is 35.5. The summed E-state index contributed by atoms with van der Waals surface area (Å²) in [6, 6.07) is 19.2. The fraction of sp³-hybridized carbons (Fsp3) is 0.200. The molecule has 4 rings (SSSR count). The molecular formula is C25H21ClN4O3. The summed E-state index contributed by atoms with van der Waals surface area (Å²) in [6.07, 6.45) is 2.03. The number of carbonyl (C=O) groups is 2. The molecular weight excluding hydrogens is 440 g/mol. The summed E-state index contributed by atoms with van der Waals surface area (Å²) in [5, 5.41) is 14.2. The molecule has 7 nitrogen and oxygen atoms in total. The lowest BCUT2D eigenvalue weighted by atomic mass is 10.1. The number of nitriles is 1. The van der Waals surface area contributed by atoms with Gasteiger partial charge in [-0.1, -0.05) is 60.1 Å². The summed E-state index contributed by atoms with van der Waals surface area (Å²) < 4.78 is 8.72. The van der Waals surface area contributed by atoms with Gasteiger partial charge in [0.2, 0.25) is 5.78 Å². The number of rotatable bonds is 8. The number of para-hydroxylation sites is 1. The first-order valence-corrected chi connectivity index (χ1v) is 10.8. The number of aryl methyl sites for hydroxylation is 2. The summed E-state index contributed by atoms with van der Waals surface area (Å²) in [5.74, 6) is -1.03. The molecule has 2 aromatic heterocycles. The molecule has 0 fully saturated rings. The van der Waals surface area contributed by atoms with Crippen LogP contribution in [0.3, 0.4) is 0 Å². The quantitative estimate of drug-likeness (QED) is 0.278. The second-order valence-corrected chi connectivity index (χ2v) is 7.91. The highest BCUT2D eigenvalue weighted by molar-refractivity contribution is 6.32.